The molecule has 1 N–H and O–H groups in total. The fraction of sp³-hybridized carbons (Fsp3) is 0.269. The van der Waals surface area contributed by atoms with E-state index in [9.17, 15) is 17.6 Å². The van der Waals surface area contributed by atoms with E-state index in [1.54, 1.807) is 7.11 Å². The lowest BCUT2D eigenvalue weighted by molar-refractivity contribution is -0.119. The number of carbonyl (C=O) groups excluding carboxylic acids is 1. The van der Waals surface area contributed by atoms with E-state index in [1.165, 1.54) is 30.3 Å². The Balaban J connectivity index is 1.48. The molecule has 0 fully saturated rings. The first-order chi connectivity index (χ1) is 17.4. The highest BCUT2D eigenvalue weighted by Crippen LogP contribution is 2.34. The summed E-state index contributed by atoms with van der Waals surface area (Å²) in [6.07, 6.45) is 1.32. The average Bonchev–Trinajstić information content (AvgIpc) is 2.90. The van der Waals surface area contributed by atoms with Crippen LogP contribution in [0.5, 0.6) is 17.2 Å². The second kappa shape index (κ2) is 11.3. The predicted octanol–water partition coefficient (Wildman–Crippen LogP) is 3.55. The van der Waals surface area contributed by atoms with Crippen LogP contribution >= 0.6 is 0 Å². The Morgan fingerprint density at radius 2 is 1.75 bits per heavy atom. The van der Waals surface area contributed by atoms with Gasteiger partial charge in [-0.3, -0.25) is 9.10 Å². The van der Waals surface area contributed by atoms with Gasteiger partial charge in [-0.2, -0.15) is 0 Å². The SMILES string of the molecule is COc1ccccc1CCCNC(=O)CN(c1ccc(F)cc1)S(=O)(=O)c1ccc2c(c1)OCCO2. The number of aryl methyl sites for hydroxylation is 1. The number of ether oxygens (including phenoxy) is 3. The van der Waals surface area contributed by atoms with Gasteiger partial charge in [0.2, 0.25) is 5.91 Å². The second-order valence-corrected chi connectivity index (χ2v) is 9.92. The maximum absolute atomic E-state index is 13.6. The van der Waals surface area contributed by atoms with Crippen LogP contribution in [0.1, 0.15) is 12.0 Å². The summed E-state index contributed by atoms with van der Waals surface area (Å²) in [6.45, 7) is 0.544. The van der Waals surface area contributed by atoms with Crippen LogP contribution in [0.4, 0.5) is 10.1 Å². The minimum Gasteiger partial charge on any atom is -0.496 e. The van der Waals surface area contributed by atoms with Gasteiger partial charge >= 0.3 is 0 Å². The van der Waals surface area contributed by atoms with Gasteiger partial charge in [0.05, 0.1) is 17.7 Å². The Kier molecular flexibility index (Phi) is 7.94. The molecule has 0 bridgehead atoms. The van der Waals surface area contributed by atoms with E-state index in [0.29, 0.717) is 44.1 Å². The Morgan fingerprint density at radius 1 is 1.03 bits per heavy atom. The number of anilines is 1. The number of rotatable bonds is 10. The van der Waals surface area contributed by atoms with E-state index >= 15 is 0 Å². The van der Waals surface area contributed by atoms with Crippen molar-refractivity contribution in [1.82, 2.24) is 5.32 Å². The molecule has 1 heterocycles. The molecular formula is C26H27FN2O6S. The molecule has 0 aliphatic carbocycles. The van der Waals surface area contributed by atoms with Crippen molar-refractivity contribution in [2.45, 2.75) is 17.7 Å². The van der Waals surface area contributed by atoms with Crippen molar-refractivity contribution in [3.63, 3.8) is 0 Å². The molecule has 8 nitrogen and oxygen atoms in total. The zero-order valence-corrected chi connectivity index (χ0v) is 20.6. The maximum Gasteiger partial charge on any atom is 0.264 e. The number of sulfonamides is 1. The van der Waals surface area contributed by atoms with Crippen molar-refractivity contribution in [1.29, 1.82) is 0 Å². The molecule has 3 aromatic carbocycles. The number of halogens is 1. The van der Waals surface area contributed by atoms with Crippen molar-refractivity contribution in [3.8, 4) is 17.2 Å². The standard InChI is InChI=1S/C26H27FN2O6S/c1-33-23-7-3-2-5-19(23)6-4-14-28-26(30)18-29(21-10-8-20(27)9-11-21)36(31,32)22-12-13-24-25(17-22)35-16-15-34-24/h2-3,5,7-13,17H,4,6,14-16,18H2,1H3,(H,28,30). The lowest BCUT2D eigenvalue weighted by atomic mass is 10.1. The molecule has 190 valence electrons. The number of nitrogens with one attached hydrogen (secondary N) is 1. The van der Waals surface area contributed by atoms with Crippen molar-refractivity contribution in [2.75, 3.05) is 37.7 Å². The normalized spacial score (nSPS) is 12.6. The van der Waals surface area contributed by atoms with Gasteiger partial charge in [-0.1, -0.05) is 18.2 Å². The number of hydrogen-bond donors (Lipinski definition) is 1. The highest BCUT2D eigenvalue weighted by Gasteiger charge is 2.29. The van der Waals surface area contributed by atoms with Crippen LogP contribution < -0.4 is 23.8 Å². The third kappa shape index (κ3) is 5.88. The summed E-state index contributed by atoms with van der Waals surface area (Å²) in [5.74, 6) is 0.525. The summed E-state index contributed by atoms with van der Waals surface area (Å²) in [5, 5.41) is 2.77. The first kappa shape index (κ1) is 25.3. The number of amides is 1. The van der Waals surface area contributed by atoms with Crippen molar-refractivity contribution >= 4 is 21.6 Å². The number of nitrogens with zero attached hydrogens (tertiary/aromatic N) is 1. The summed E-state index contributed by atoms with van der Waals surface area (Å²) in [4.78, 5) is 12.7. The third-order valence-electron chi connectivity index (χ3n) is 5.64. The summed E-state index contributed by atoms with van der Waals surface area (Å²) in [5.41, 5.74) is 1.18. The zero-order chi connectivity index (χ0) is 25.5. The van der Waals surface area contributed by atoms with Gasteiger partial charge in [-0.15, -0.1) is 0 Å². The first-order valence-electron chi connectivity index (χ1n) is 11.4. The minimum absolute atomic E-state index is 0.0694. The van der Waals surface area contributed by atoms with Crippen molar-refractivity contribution in [2.24, 2.45) is 0 Å². The molecule has 0 radical (unpaired) electrons. The van der Waals surface area contributed by atoms with Crippen LogP contribution in [0.15, 0.2) is 71.6 Å². The summed E-state index contributed by atoms with van der Waals surface area (Å²) in [7, 11) is -2.58. The Hall–Kier alpha value is -3.79. The smallest absolute Gasteiger partial charge is 0.264 e. The Labute approximate surface area is 209 Å². The fourth-order valence-corrected chi connectivity index (χ4v) is 5.27. The number of methoxy groups -OCH3 is 1. The van der Waals surface area contributed by atoms with Crippen molar-refractivity contribution < 1.29 is 31.8 Å². The minimum atomic E-state index is -4.18. The summed E-state index contributed by atoms with van der Waals surface area (Å²) < 4.78 is 57.9. The third-order valence-corrected chi connectivity index (χ3v) is 7.41. The zero-order valence-electron chi connectivity index (χ0n) is 19.8. The molecule has 0 unspecified atom stereocenters. The van der Waals surface area contributed by atoms with Gasteiger partial charge in [-0.25, -0.2) is 12.8 Å². The molecule has 0 atom stereocenters. The van der Waals surface area contributed by atoms with Crippen molar-refractivity contribution in [3.05, 3.63) is 78.1 Å². The van der Waals surface area contributed by atoms with Gasteiger partial charge in [0.1, 0.15) is 31.3 Å². The fourth-order valence-electron chi connectivity index (χ4n) is 3.84. The monoisotopic (exact) mass is 514 g/mol. The lowest BCUT2D eigenvalue weighted by Gasteiger charge is -2.25. The Bertz CT molecular complexity index is 1310. The van der Waals surface area contributed by atoms with Gasteiger partial charge in [-0.05, 0) is 60.9 Å². The molecule has 1 amide bonds. The van der Waals surface area contributed by atoms with E-state index in [4.69, 9.17) is 14.2 Å². The molecule has 36 heavy (non-hydrogen) atoms. The molecule has 4 rings (SSSR count). The molecule has 0 spiro atoms. The average molecular weight is 515 g/mol. The van der Waals surface area contributed by atoms with Crippen LogP contribution in [-0.4, -0.2) is 47.7 Å². The van der Waals surface area contributed by atoms with Crippen LogP contribution in [0.25, 0.3) is 0 Å². The lowest BCUT2D eigenvalue weighted by Crippen LogP contribution is -2.41. The number of hydrogen-bond acceptors (Lipinski definition) is 6. The van der Waals surface area contributed by atoms with Gasteiger partial charge in [0.15, 0.2) is 11.5 Å². The number of carbonyl (C=O) groups is 1. The number of para-hydroxylation sites is 1. The molecule has 1 aliphatic heterocycles. The molecule has 10 heteroatoms. The van der Waals surface area contributed by atoms with Crippen LogP contribution in [-0.2, 0) is 21.2 Å². The van der Waals surface area contributed by atoms with E-state index < -0.39 is 28.3 Å². The van der Waals surface area contributed by atoms with Crippen LogP contribution in [0.3, 0.4) is 0 Å². The largest absolute Gasteiger partial charge is 0.496 e. The maximum atomic E-state index is 13.6. The second-order valence-electron chi connectivity index (χ2n) is 8.06. The quantitative estimate of drug-likeness (QED) is 0.416. The molecule has 1 aliphatic rings. The molecular weight excluding hydrogens is 487 g/mol. The summed E-state index contributed by atoms with van der Waals surface area (Å²) >= 11 is 0. The molecule has 0 saturated carbocycles. The number of fused-ring (bicyclic) bond motifs is 1. The van der Waals surface area contributed by atoms with Crippen LogP contribution in [0.2, 0.25) is 0 Å². The summed E-state index contributed by atoms with van der Waals surface area (Å²) in [6, 6.07) is 16.8. The first-order valence-corrected chi connectivity index (χ1v) is 12.9. The van der Waals surface area contributed by atoms with Gasteiger partial charge in [0.25, 0.3) is 10.0 Å². The molecule has 0 saturated heterocycles. The highest BCUT2D eigenvalue weighted by molar-refractivity contribution is 7.92. The molecule has 0 aromatic heterocycles. The van der Waals surface area contributed by atoms with E-state index in [-0.39, 0.29) is 10.6 Å². The predicted molar refractivity (Wildman–Crippen MR) is 133 cm³/mol. The van der Waals surface area contributed by atoms with E-state index in [0.717, 1.165) is 27.8 Å². The van der Waals surface area contributed by atoms with Gasteiger partial charge < -0.3 is 19.5 Å². The highest BCUT2D eigenvalue weighted by atomic mass is 32.2. The topological polar surface area (TPSA) is 94.2 Å². The van der Waals surface area contributed by atoms with E-state index in [1.807, 2.05) is 24.3 Å². The van der Waals surface area contributed by atoms with Crippen LogP contribution in [0, 0.1) is 5.82 Å². The molecule has 3 aromatic rings. The van der Waals surface area contributed by atoms with E-state index in [2.05, 4.69) is 5.32 Å². The Morgan fingerprint density at radius 3 is 2.50 bits per heavy atom. The van der Waals surface area contributed by atoms with Gasteiger partial charge in [0, 0.05) is 12.6 Å². The number of benzene rings is 3.